The van der Waals surface area contributed by atoms with Gasteiger partial charge in [-0.2, -0.15) is 0 Å². The van der Waals surface area contributed by atoms with Crippen molar-refractivity contribution in [1.29, 1.82) is 0 Å². The van der Waals surface area contributed by atoms with E-state index in [9.17, 15) is 4.79 Å². The summed E-state index contributed by atoms with van der Waals surface area (Å²) < 4.78 is 5.39. The van der Waals surface area contributed by atoms with Crippen LogP contribution >= 0.6 is 0 Å². The third-order valence-corrected chi connectivity index (χ3v) is 3.39. The van der Waals surface area contributed by atoms with Gasteiger partial charge in [-0.15, -0.1) is 0 Å². The van der Waals surface area contributed by atoms with Gasteiger partial charge in [-0.3, -0.25) is 9.69 Å². The number of ether oxygens (including phenoxy) is 1. The van der Waals surface area contributed by atoms with E-state index in [0.29, 0.717) is 11.8 Å². The molecule has 2 aliphatic rings. The van der Waals surface area contributed by atoms with Crippen LogP contribution in [0.15, 0.2) is 0 Å². The molecule has 2 rings (SSSR count). The quantitative estimate of drug-likeness (QED) is 0.666. The van der Waals surface area contributed by atoms with E-state index in [1.807, 2.05) is 0 Å². The Hall–Kier alpha value is -0.410. The number of ketones is 1. The standard InChI is InChI=1S/C11H19NO2/c1-9(13)11-4-2-3-6-12(11)10-5-7-14-8-10/h10-11H,2-8H2,1H3. The van der Waals surface area contributed by atoms with Gasteiger partial charge in [0, 0.05) is 12.6 Å². The third kappa shape index (κ3) is 1.98. The van der Waals surface area contributed by atoms with Crippen LogP contribution < -0.4 is 0 Å². The summed E-state index contributed by atoms with van der Waals surface area (Å²) in [5.74, 6) is 0.330. The molecule has 0 aromatic carbocycles. The lowest BCUT2D eigenvalue weighted by Gasteiger charge is -2.37. The van der Waals surface area contributed by atoms with Gasteiger partial charge < -0.3 is 4.74 Å². The molecule has 0 N–H and O–H groups in total. The highest BCUT2D eigenvalue weighted by atomic mass is 16.5. The molecule has 14 heavy (non-hydrogen) atoms. The van der Waals surface area contributed by atoms with Crippen LogP contribution in [0.5, 0.6) is 0 Å². The van der Waals surface area contributed by atoms with Crippen molar-refractivity contribution in [1.82, 2.24) is 4.90 Å². The molecule has 3 heteroatoms. The number of carbonyl (C=O) groups is 1. The summed E-state index contributed by atoms with van der Waals surface area (Å²) in [4.78, 5) is 13.9. The van der Waals surface area contributed by atoms with Crippen molar-refractivity contribution in [3.05, 3.63) is 0 Å². The highest BCUT2D eigenvalue weighted by Crippen LogP contribution is 2.24. The molecule has 0 aliphatic carbocycles. The van der Waals surface area contributed by atoms with E-state index in [1.165, 1.54) is 12.8 Å². The van der Waals surface area contributed by atoms with E-state index in [4.69, 9.17) is 4.74 Å². The smallest absolute Gasteiger partial charge is 0.146 e. The van der Waals surface area contributed by atoms with E-state index >= 15 is 0 Å². The molecule has 2 heterocycles. The Morgan fingerprint density at radius 3 is 2.86 bits per heavy atom. The molecule has 3 nitrogen and oxygen atoms in total. The molecular formula is C11H19NO2. The molecule has 0 aromatic heterocycles. The Morgan fingerprint density at radius 1 is 1.36 bits per heavy atom. The van der Waals surface area contributed by atoms with Gasteiger partial charge in [0.1, 0.15) is 5.78 Å². The molecule has 0 aromatic rings. The summed E-state index contributed by atoms with van der Waals surface area (Å²) in [5.41, 5.74) is 0. The predicted molar refractivity (Wildman–Crippen MR) is 54.3 cm³/mol. The minimum atomic E-state index is 0.176. The summed E-state index contributed by atoms with van der Waals surface area (Å²) in [6.07, 6.45) is 4.59. The minimum Gasteiger partial charge on any atom is -0.380 e. The molecule has 0 amide bonds. The highest BCUT2D eigenvalue weighted by molar-refractivity contribution is 5.81. The van der Waals surface area contributed by atoms with Crippen molar-refractivity contribution in [2.75, 3.05) is 19.8 Å². The zero-order valence-corrected chi connectivity index (χ0v) is 8.87. The van der Waals surface area contributed by atoms with E-state index in [-0.39, 0.29) is 6.04 Å². The fourth-order valence-electron chi connectivity index (χ4n) is 2.61. The summed E-state index contributed by atoms with van der Waals surface area (Å²) >= 11 is 0. The zero-order chi connectivity index (χ0) is 9.97. The Labute approximate surface area is 85.4 Å². The number of nitrogens with zero attached hydrogens (tertiary/aromatic N) is 1. The molecule has 2 fully saturated rings. The predicted octanol–water partition coefficient (Wildman–Crippen LogP) is 1.22. The van der Waals surface area contributed by atoms with Gasteiger partial charge >= 0.3 is 0 Å². The van der Waals surface area contributed by atoms with Crippen molar-refractivity contribution in [3.63, 3.8) is 0 Å². The van der Waals surface area contributed by atoms with Gasteiger partial charge in [-0.1, -0.05) is 6.42 Å². The molecule has 0 saturated carbocycles. The first-order chi connectivity index (χ1) is 6.79. The fourth-order valence-corrected chi connectivity index (χ4v) is 2.61. The van der Waals surface area contributed by atoms with Gasteiger partial charge in [0.05, 0.1) is 12.6 Å². The fraction of sp³-hybridized carbons (Fsp3) is 0.909. The van der Waals surface area contributed by atoms with Gasteiger partial charge in [0.25, 0.3) is 0 Å². The van der Waals surface area contributed by atoms with E-state index in [2.05, 4.69) is 4.90 Å². The highest BCUT2D eigenvalue weighted by Gasteiger charge is 2.33. The first kappa shape index (κ1) is 10.1. The van der Waals surface area contributed by atoms with Crippen LogP contribution in [0, 0.1) is 0 Å². The normalized spacial score (nSPS) is 34.6. The van der Waals surface area contributed by atoms with Gasteiger partial charge in [0.2, 0.25) is 0 Å². The number of hydrogen-bond acceptors (Lipinski definition) is 3. The minimum absolute atomic E-state index is 0.176. The van der Waals surface area contributed by atoms with Crippen LogP contribution in [0.2, 0.25) is 0 Å². The average Bonchev–Trinajstić information content (AvgIpc) is 2.70. The van der Waals surface area contributed by atoms with Crippen LogP contribution in [-0.4, -0.2) is 42.5 Å². The topological polar surface area (TPSA) is 29.5 Å². The number of piperidine rings is 1. The summed E-state index contributed by atoms with van der Waals surface area (Å²) in [7, 11) is 0. The molecule has 0 bridgehead atoms. The lowest BCUT2D eigenvalue weighted by atomic mass is 9.97. The largest absolute Gasteiger partial charge is 0.380 e. The lowest BCUT2D eigenvalue weighted by Crippen LogP contribution is -2.49. The maximum atomic E-state index is 11.5. The second kappa shape index (κ2) is 4.41. The Kier molecular flexibility index (Phi) is 3.19. The van der Waals surface area contributed by atoms with Crippen LogP contribution in [0.3, 0.4) is 0 Å². The van der Waals surface area contributed by atoms with Crippen molar-refractivity contribution < 1.29 is 9.53 Å². The molecule has 0 spiro atoms. The van der Waals surface area contributed by atoms with Gasteiger partial charge in [0.15, 0.2) is 0 Å². The van der Waals surface area contributed by atoms with Gasteiger partial charge in [-0.05, 0) is 32.7 Å². The Bertz CT molecular complexity index is 211. The molecule has 2 atom stereocenters. The first-order valence-electron chi connectivity index (χ1n) is 5.63. The zero-order valence-electron chi connectivity index (χ0n) is 8.87. The number of likely N-dealkylation sites (tertiary alicyclic amines) is 1. The summed E-state index contributed by atoms with van der Waals surface area (Å²) in [5, 5.41) is 0. The first-order valence-corrected chi connectivity index (χ1v) is 5.63. The SMILES string of the molecule is CC(=O)C1CCCCN1C1CCOC1. The number of hydrogen-bond donors (Lipinski definition) is 0. The van der Waals surface area contributed by atoms with Crippen molar-refractivity contribution in [2.45, 2.75) is 44.7 Å². The van der Waals surface area contributed by atoms with Crippen molar-refractivity contribution in [2.24, 2.45) is 0 Å². The number of rotatable bonds is 2. The average molecular weight is 197 g/mol. The van der Waals surface area contributed by atoms with Crippen LogP contribution in [0.1, 0.15) is 32.6 Å². The molecule has 80 valence electrons. The number of carbonyl (C=O) groups excluding carboxylic acids is 1. The van der Waals surface area contributed by atoms with Gasteiger partial charge in [-0.25, -0.2) is 0 Å². The van der Waals surface area contributed by atoms with E-state index in [0.717, 1.165) is 32.6 Å². The molecule has 2 unspecified atom stereocenters. The molecule has 2 aliphatic heterocycles. The Morgan fingerprint density at radius 2 is 2.21 bits per heavy atom. The monoisotopic (exact) mass is 197 g/mol. The number of Topliss-reactive ketones (excluding diaryl/α,β-unsaturated/α-hetero) is 1. The van der Waals surface area contributed by atoms with Crippen LogP contribution in [-0.2, 0) is 9.53 Å². The summed E-state index contributed by atoms with van der Waals surface area (Å²) in [6.45, 7) is 4.49. The van der Waals surface area contributed by atoms with Crippen molar-refractivity contribution >= 4 is 5.78 Å². The second-order valence-electron chi connectivity index (χ2n) is 4.38. The molecule has 0 radical (unpaired) electrons. The Balaban J connectivity index is 2.01. The second-order valence-corrected chi connectivity index (χ2v) is 4.38. The van der Waals surface area contributed by atoms with Crippen molar-refractivity contribution in [3.8, 4) is 0 Å². The maximum Gasteiger partial charge on any atom is 0.146 e. The third-order valence-electron chi connectivity index (χ3n) is 3.39. The molecule has 2 saturated heterocycles. The van der Waals surface area contributed by atoms with Crippen LogP contribution in [0.4, 0.5) is 0 Å². The van der Waals surface area contributed by atoms with E-state index < -0.39 is 0 Å². The molecular weight excluding hydrogens is 178 g/mol. The maximum absolute atomic E-state index is 11.5. The lowest BCUT2D eigenvalue weighted by molar-refractivity contribution is -0.124. The summed E-state index contributed by atoms with van der Waals surface area (Å²) in [6, 6.07) is 0.680. The van der Waals surface area contributed by atoms with Crippen LogP contribution in [0.25, 0.3) is 0 Å². The van der Waals surface area contributed by atoms with E-state index in [1.54, 1.807) is 6.92 Å².